The van der Waals surface area contributed by atoms with Crippen LogP contribution in [0.5, 0.6) is 0 Å². The van der Waals surface area contributed by atoms with Crippen LogP contribution < -0.4 is 16.2 Å². The van der Waals surface area contributed by atoms with Gasteiger partial charge in [0.1, 0.15) is 17.2 Å². The zero-order valence-corrected chi connectivity index (χ0v) is 11.7. The molecule has 106 valence electrons. The zero-order chi connectivity index (χ0) is 14.5. The number of carbonyl (C=O) groups is 1. The maximum absolute atomic E-state index is 11.3. The van der Waals surface area contributed by atoms with Gasteiger partial charge in [0.05, 0.1) is 0 Å². The molecule has 7 heteroatoms. The van der Waals surface area contributed by atoms with Crippen molar-refractivity contribution < 1.29 is 9.53 Å². The van der Waals surface area contributed by atoms with E-state index in [0.717, 1.165) is 0 Å². The van der Waals surface area contributed by atoms with Crippen molar-refractivity contribution in [1.82, 2.24) is 15.3 Å². The molecule has 0 atom stereocenters. The van der Waals surface area contributed by atoms with Gasteiger partial charge in [-0.2, -0.15) is 0 Å². The van der Waals surface area contributed by atoms with E-state index in [2.05, 4.69) is 20.6 Å². The molecule has 0 saturated carbocycles. The molecule has 0 spiro atoms. The third kappa shape index (κ3) is 6.44. The summed E-state index contributed by atoms with van der Waals surface area (Å²) in [5.74, 6) is 1.02. The van der Waals surface area contributed by atoms with Gasteiger partial charge in [0.2, 0.25) is 0 Å². The Kier molecular flexibility index (Phi) is 4.91. The summed E-state index contributed by atoms with van der Waals surface area (Å²) in [6, 6.07) is 1.36. The van der Waals surface area contributed by atoms with E-state index < -0.39 is 11.7 Å². The van der Waals surface area contributed by atoms with Gasteiger partial charge in [0.15, 0.2) is 0 Å². The first-order chi connectivity index (χ1) is 8.76. The number of anilines is 1. The number of amides is 1. The van der Waals surface area contributed by atoms with Gasteiger partial charge in [0.25, 0.3) is 5.56 Å². The summed E-state index contributed by atoms with van der Waals surface area (Å²) in [5, 5.41) is 5.54. The standard InChI is InChI=1S/C12H20N4O3/c1-8-15-9(7-10(17)16-8)13-5-6-14-11(18)19-12(2,3)4/h7H,5-6H2,1-4H3,(H,14,18)(H2,13,15,16,17). The van der Waals surface area contributed by atoms with Crippen LogP contribution in [-0.4, -0.2) is 34.8 Å². The Bertz CT molecular complexity index is 490. The molecule has 3 N–H and O–H groups in total. The molecular formula is C12H20N4O3. The Morgan fingerprint density at radius 2 is 2.11 bits per heavy atom. The smallest absolute Gasteiger partial charge is 0.407 e. The van der Waals surface area contributed by atoms with Crippen LogP contribution in [0.3, 0.4) is 0 Å². The fourth-order valence-electron chi connectivity index (χ4n) is 1.34. The highest BCUT2D eigenvalue weighted by atomic mass is 16.6. The molecule has 1 aromatic heterocycles. The van der Waals surface area contributed by atoms with Crippen LogP contribution in [0.1, 0.15) is 26.6 Å². The fourth-order valence-corrected chi connectivity index (χ4v) is 1.34. The number of nitrogens with zero attached hydrogens (tertiary/aromatic N) is 1. The predicted molar refractivity (Wildman–Crippen MR) is 72.3 cm³/mol. The highest BCUT2D eigenvalue weighted by Gasteiger charge is 2.15. The average Bonchev–Trinajstić information content (AvgIpc) is 2.20. The summed E-state index contributed by atoms with van der Waals surface area (Å²) in [6.07, 6.45) is -0.468. The third-order valence-electron chi connectivity index (χ3n) is 1.96. The van der Waals surface area contributed by atoms with Gasteiger partial charge in [0, 0.05) is 19.2 Å². The van der Waals surface area contributed by atoms with E-state index in [0.29, 0.717) is 24.7 Å². The van der Waals surface area contributed by atoms with Crippen LogP contribution in [0.25, 0.3) is 0 Å². The molecule has 19 heavy (non-hydrogen) atoms. The van der Waals surface area contributed by atoms with Crippen molar-refractivity contribution in [2.24, 2.45) is 0 Å². The molecule has 0 saturated heterocycles. The SMILES string of the molecule is Cc1nc(NCCNC(=O)OC(C)(C)C)cc(=O)[nH]1. The van der Waals surface area contributed by atoms with E-state index >= 15 is 0 Å². The minimum atomic E-state index is -0.511. The molecule has 1 rings (SSSR count). The number of alkyl carbamates (subject to hydrolysis) is 1. The number of rotatable bonds is 4. The maximum atomic E-state index is 11.3. The number of nitrogens with one attached hydrogen (secondary N) is 3. The van der Waals surface area contributed by atoms with Gasteiger partial charge in [-0.1, -0.05) is 0 Å². The minimum Gasteiger partial charge on any atom is -0.444 e. The monoisotopic (exact) mass is 268 g/mol. The van der Waals surface area contributed by atoms with E-state index in [4.69, 9.17) is 4.74 Å². The summed E-state index contributed by atoms with van der Waals surface area (Å²) >= 11 is 0. The number of H-pyrrole nitrogens is 1. The molecule has 0 aliphatic rings. The number of aryl methyl sites for hydroxylation is 1. The van der Waals surface area contributed by atoms with E-state index in [1.54, 1.807) is 27.7 Å². The molecule has 0 aromatic carbocycles. The van der Waals surface area contributed by atoms with Crippen LogP contribution in [0.15, 0.2) is 10.9 Å². The van der Waals surface area contributed by atoms with Crippen molar-refractivity contribution >= 4 is 11.9 Å². The summed E-state index contributed by atoms with van der Waals surface area (Å²) in [4.78, 5) is 29.2. The van der Waals surface area contributed by atoms with Crippen molar-refractivity contribution in [2.75, 3.05) is 18.4 Å². The second kappa shape index (κ2) is 6.21. The number of hydrogen-bond donors (Lipinski definition) is 3. The lowest BCUT2D eigenvalue weighted by atomic mass is 10.2. The first-order valence-corrected chi connectivity index (χ1v) is 6.05. The molecule has 0 fully saturated rings. The number of hydrogen-bond acceptors (Lipinski definition) is 5. The molecule has 0 bridgehead atoms. The Balaban J connectivity index is 2.31. The molecular weight excluding hydrogens is 248 g/mol. The lowest BCUT2D eigenvalue weighted by Crippen LogP contribution is -2.35. The Labute approximate surface area is 111 Å². The molecule has 1 amide bonds. The van der Waals surface area contributed by atoms with Crippen molar-refractivity contribution in [3.05, 3.63) is 22.2 Å². The summed E-state index contributed by atoms with van der Waals surface area (Å²) in [5.41, 5.74) is -0.724. The normalized spacial score (nSPS) is 10.9. The number of ether oxygens (including phenoxy) is 1. The fraction of sp³-hybridized carbons (Fsp3) is 0.583. The van der Waals surface area contributed by atoms with Crippen molar-refractivity contribution in [3.8, 4) is 0 Å². The minimum absolute atomic E-state index is 0.213. The maximum Gasteiger partial charge on any atom is 0.407 e. The molecule has 7 nitrogen and oxygen atoms in total. The van der Waals surface area contributed by atoms with Crippen LogP contribution >= 0.6 is 0 Å². The van der Waals surface area contributed by atoms with Crippen LogP contribution in [0, 0.1) is 6.92 Å². The average molecular weight is 268 g/mol. The Morgan fingerprint density at radius 1 is 1.42 bits per heavy atom. The van der Waals surface area contributed by atoms with Crippen molar-refractivity contribution in [3.63, 3.8) is 0 Å². The Hall–Kier alpha value is -2.05. The lowest BCUT2D eigenvalue weighted by Gasteiger charge is -2.19. The van der Waals surface area contributed by atoms with Gasteiger partial charge in [-0.15, -0.1) is 0 Å². The molecule has 0 radical (unpaired) electrons. The van der Waals surface area contributed by atoms with Crippen LogP contribution in [0.4, 0.5) is 10.6 Å². The second-order valence-corrected chi connectivity index (χ2v) is 5.07. The van der Waals surface area contributed by atoms with Crippen LogP contribution in [-0.2, 0) is 4.74 Å². The van der Waals surface area contributed by atoms with Gasteiger partial charge >= 0.3 is 6.09 Å². The van der Waals surface area contributed by atoms with Gasteiger partial charge in [-0.05, 0) is 27.7 Å². The Morgan fingerprint density at radius 3 is 2.68 bits per heavy atom. The lowest BCUT2D eigenvalue weighted by molar-refractivity contribution is 0.0530. The largest absolute Gasteiger partial charge is 0.444 e. The number of carbonyl (C=O) groups excluding carboxylic acids is 1. The molecule has 1 heterocycles. The highest BCUT2D eigenvalue weighted by Crippen LogP contribution is 2.06. The van der Waals surface area contributed by atoms with Crippen molar-refractivity contribution in [2.45, 2.75) is 33.3 Å². The summed E-state index contributed by atoms with van der Waals surface area (Å²) < 4.78 is 5.08. The first kappa shape index (κ1) is 15.0. The van der Waals surface area contributed by atoms with Gasteiger partial charge in [-0.3, -0.25) is 4.79 Å². The third-order valence-corrected chi connectivity index (χ3v) is 1.96. The molecule has 1 aromatic rings. The number of aromatic nitrogens is 2. The van der Waals surface area contributed by atoms with Crippen LogP contribution in [0.2, 0.25) is 0 Å². The van der Waals surface area contributed by atoms with Gasteiger partial charge in [-0.25, -0.2) is 9.78 Å². The molecule has 0 unspecified atom stereocenters. The summed E-state index contributed by atoms with van der Waals surface area (Å²) in [7, 11) is 0. The highest BCUT2D eigenvalue weighted by molar-refractivity contribution is 5.67. The first-order valence-electron chi connectivity index (χ1n) is 6.05. The van der Waals surface area contributed by atoms with Gasteiger partial charge < -0.3 is 20.4 Å². The predicted octanol–water partition coefficient (Wildman–Crippen LogP) is 1.01. The van der Waals surface area contributed by atoms with E-state index in [1.165, 1.54) is 6.07 Å². The molecule has 0 aliphatic carbocycles. The van der Waals surface area contributed by atoms with Crippen molar-refractivity contribution in [1.29, 1.82) is 0 Å². The van der Waals surface area contributed by atoms with E-state index in [9.17, 15) is 9.59 Å². The zero-order valence-electron chi connectivity index (χ0n) is 11.7. The van der Waals surface area contributed by atoms with E-state index in [-0.39, 0.29) is 5.56 Å². The molecule has 0 aliphatic heterocycles. The second-order valence-electron chi connectivity index (χ2n) is 5.07. The number of aromatic amines is 1. The quantitative estimate of drug-likeness (QED) is 0.708. The topological polar surface area (TPSA) is 96.1 Å². The summed E-state index contributed by atoms with van der Waals surface area (Å²) in [6.45, 7) is 7.93. The van der Waals surface area contributed by atoms with E-state index in [1.807, 2.05) is 0 Å².